The van der Waals surface area contributed by atoms with Gasteiger partial charge in [0.1, 0.15) is 0 Å². The highest BCUT2D eigenvalue weighted by molar-refractivity contribution is 7.09. The molecule has 3 rings (SSSR count). The zero-order valence-corrected chi connectivity index (χ0v) is 13.6. The molecule has 0 unspecified atom stereocenters. The molecule has 1 aromatic carbocycles. The Kier molecular flexibility index (Phi) is 4.65. The molecule has 0 N–H and O–H groups in total. The van der Waals surface area contributed by atoms with Gasteiger partial charge >= 0.3 is 0 Å². The van der Waals surface area contributed by atoms with Crippen molar-refractivity contribution in [2.24, 2.45) is 5.92 Å². The molecule has 1 aliphatic rings. The summed E-state index contributed by atoms with van der Waals surface area (Å²) in [6, 6.07) is 5.53. The third-order valence-electron chi connectivity index (χ3n) is 4.00. The number of aryl methyl sites for hydroxylation is 1. The molecule has 0 amide bonds. The minimum absolute atomic E-state index is 0.699. The fourth-order valence-electron chi connectivity index (χ4n) is 2.87. The SMILES string of the molecule is Clc1ccc(Cl)c(-c2csc(CCC3CCCC3)n2)c1. The maximum absolute atomic E-state index is 6.23. The number of halogens is 2. The van der Waals surface area contributed by atoms with Gasteiger partial charge < -0.3 is 0 Å². The Labute approximate surface area is 134 Å². The summed E-state index contributed by atoms with van der Waals surface area (Å²) in [5.41, 5.74) is 1.88. The number of nitrogens with zero attached hydrogens (tertiary/aromatic N) is 1. The van der Waals surface area contributed by atoms with Crippen molar-refractivity contribution >= 4 is 34.5 Å². The van der Waals surface area contributed by atoms with E-state index in [0.29, 0.717) is 10.0 Å². The molecule has 0 radical (unpaired) electrons. The van der Waals surface area contributed by atoms with Gasteiger partial charge in [0, 0.05) is 16.0 Å². The summed E-state index contributed by atoms with van der Waals surface area (Å²) in [7, 11) is 0. The number of thiazole rings is 1. The molecule has 1 aromatic heterocycles. The maximum atomic E-state index is 6.23. The van der Waals surface area contributed by atoms with Crippen LogP contribution in [0.15, 0.2) is 23.6 Å². The van der Waals surface area contributed by atoms with Gasteiger partial charge in [0.15, 0.2) is 0 Å². The quantitative estimate of drug-likeness (QED) is 0.648. The van der Waals surface area contributed by atoms with Crippen LogP contribution in [0.5, 0.6) is 0 Å². The lowest BCUT2D eigenvalue weighted by Gasteiger charge is -2.06. The molecule has 2 aromatic rings. The van der Waals surface area contributed by atoms with E-state index in [1.807, 2.05) is 12.1 Å². The van der Waals surface area contributed by atoms with Gasteiger partial charge in [-0.25, -0.2) is 4.98 Å². The highest BCUT2D eigenvalue weighted by atomic mass is 35.5. The van der Waals surface area contributed by atoms with Gasteiger partial charge in [-0.15, -0.1) is 11.3 Å². The van der Waals surface area contributed by atoms with E-state index < -0.39 is 0 Å². The second-order valence-electron chi connectivity index (χ2n) is 5.44. The fourth-order valence-corrected chi connectivity index (χ4v) is 4.07. The van der Waals surface area contributed by atoms with Crippen LogP contribution in [-0.2, 0) is 6.42 Å². The molecule has 0 aliphatic heterocycles. The lowest BCUT2D eigenvalue weighted by atomic mass is 10.0. The number of hydrogen-bond acceptors (Lipinski definition) is 2. The van der Waals surface area contributed by atoms with Crippen molar-refractivity contribution in [1.82, 2.24) is 4.98 Å². The average Bonchev–Trinajstić information content (AvgIpc) is 3.10. The van der Waals surface area contributed by atoms with Crippen LogP contribution in [0.2, 0.25) is 10.0 Å². The van der Waals surface area contributed by atoms with Crippen LogP contribution in [-0.4, -0.2) is 4.98 Å². The van der Waals surface area contributed by atoms with Crippen LogP contribution in [0, 0.1) is 5.92 Å². The van der Waals surface area contributed by atoms with E-state index in [2.05, 4.69) is 5.38 Å². The second-order valence-corrected chi connectivity index (χ2v) is 7.23. The number of hydrogen-bond donors (Lipinski definition) is 0. The molecule has 1 fully saturated rings. The van der Waals surface area contributed by atoms with Crippen LogP contribution >= 0.6 is 34.5 Å². The zero-order valence-electron chi connectivity index (χ0n) is 11.2. The Bertz CT molecular complexity index is 588. The van der Waals surface area contributed by atoms with Gasteiger partial charge in [-0.2, -0.15) is 0 Å². The average molecular weight is 326 g/mol. The largest absolute Gasteiger partial charge is 0.241 e. The highest BCUT2D eigenvalue weighted by Gasteiger charge is 2.16. The molecule has 1 heterocycles. The Hall–Kier alpha value is -0.570. The van der Waals surface area contributed by atoms with E-state index in [1.54, 1.807) is 17.4 Å². The molecule has 0 spiro atoms. The molecule has 20 heavy (non-hydrogen) atoms. The summed E-state index contributed by atoms with van der Waals surface area (Å²) in [4.78, 5) is 4.72. The third kappa shape index (κ3) is 3.36. The number of benzene rings is 1. The third-order valence-corrected chi connectivity index (χ3v) is 5.47. The molecule has 0 saturated heterocycles. The minimum Gasteiger partial charge on any atom is -0.241 e. The Morgan fingerprint density at radius 2 is 2.00 bits per heavy atom. The normalized spacial score (nSPS) is 15.9. The van der Waals surface area contributed by atoms with E-state index in [0.717, 1.165) is 23.6 Å². The predicted octanol–water partition coefficient (Wildman–Crippen LogP) is 6.24. The van der Waals surface area contributed by atoms with Crippen molar-refractivity contribution < 1.29 is 0 Å². The van der Waals surface area contributed by atoms with Crippen molar-refractivity contribution in [1.29, 1.82) is 0 Å². The van der Waals surface area contributed by atoms with Crippen LogP contribution in [0.1, 0.15) is 37.1 Å². The standard InChI is InChI=1S/C16H17Cl2NS/c17-12-6-7-14(18)13(9-12)15-10-20-16(19-15)8-5-11-3-1-2-4-11/h6-7,9-11H,1-5,8H2. The summed E-state index contributed by atoms with van der Waals surface area (Å²) in [6.07, 6.45) is 7.98. The van der Waals surface area contributed by atoms with E-state index in [4.69, 9.17) is 28.2 Å². The van der Waals surface area contributed by atoms with E-state index in [1.165, 1.54) is 37.1 Å². The van der Waals surface area contributed by atoms with Gasteiger partial charge in [0.2, 0.25) is 0 Å². The van der Waals surface area contributed by atoms with Gasteiger partial charge in [-0.1, -0.05) is 48.9 Å². The number of rotatable bonds is 4. The first-order chi connectivity index (χ1) is 9.72. The second kappa shape index (κ2) is 6.46. The predicted molar refractivity (Wildman–Crippen MR) is 87.8 cm³/mol. The van der Waals surface area contributed by atoms with E-state index >= 15 is 0 Å². The fraction of sp³-hybridized carbons (Fsp3) is 0.438. The molecule has 0 bridgehead atoms. The Morgan fingerprint density at radius 1 is 1.20 bits per heavy atom. The maximum Gasteiger partial charge on any atom is 0.0932 e. The topological polar surface area (TPSA) is 12.9 Å². The van der Waals surface area contributed by atoms with Crippen molar-refractivity contribution in [3.8, 4) is 11.3 Å². The lowest BCUT2D eigenvalue weighted by molar-refractivity contribution is 0.503. The molecular formula is C16H17Cl2NS. The number of aromatic nitrogens is 1. The highest BCUT2D eigenvalue weighted by Crippen LogP contribution is 2.33. The van der Waals surface area contributed by atoms with Gasteiger partial charge in [0.25, 0.3) is 0 Å². The van der Waals surface area contributed by atoms with Crippen molar-refractivity contribution in [3.05, 3.63) is 38.6 Å². The lowest BCUT2D eigenvalue weighted by Crippen LogP contribution is -1.96. The summed E-state index contributed by atoms with van der Waals surface area (Å²) < 4.78 is 0. The van der Waals surface area contributed by atoms with Crippen molar-refractivity contribution in [2.45, 2.75) is 38.5 Å². The first-order valence-electron chi connectivity index (χ1n) is 7.12. The van der Waals surface area contributed by atoms with Gasteiger partial charge in [-0.3, -0.25) is 0 Å². The monoisotopic (exact) mass is 325 g/mol. The van der Waals surface area contributed by atoms with Crippen LogP contribution < -0.4 is 0 Å². The molecule has 106 valence electrons. The summed E-state index contributed by atoms with van der Waals surface area (Å²) in [6.45, 7) is 0. The summed E-state index contributed by atoms with van der Waals surface area (Å²) >= 11 is 14.0. The first kappa shape index (κ1) is 14.4. The molecule has 1 aliphatic carbocycles. The smallest absolute Gasteiger partial charge is 0.0932 e. The van der Waals surface area contributed by atoms with Crippen molar-refractivity contribution in [2.75, 3.05) is 0 Å². The first-order valence-corrected chi connectivity index (χ1v) is 8.76. The molecule has 4 heteroatoms. The van der Waals surface area contributed by atoms with Crippen molar-refractivity contribution in [3.63, 3.8) is 0 Å². The van der Waals surface area contributed by atoms with Crippen LogP contribution in [0.25, 0.3) is 11.3 Å². The molecule has 1 nitrogen and oxygen atoms in total. The Morgan fingerprint density at radius 3 is 2.80 bits per heavy atom. The minimum atomic E-state index is 0.699. The van der Waals surface area contributed by atoms with E-state index in [-0.39, 0.29) is 0 Å². The Balaban J connectivity index is 1.71. The molecule has 0 atom stereocenters. The van der Waals surface area contributed by atoms with Crippen LogP contribution in [0.3, 0.4) is 0 Å². The molecular weight excluding hydrogens is 309 g/mol. The zero-order chi connectivity index (χ0) is 13.9. The van der Waals surface area contributed by atoms with E-state index in [9.17, 15) is 0 Å². The summed E-state index contributed by atoms with van der Waals surface area (Å²) in [5, 5.41) is 4.71. The van der Waals surface area contributed by atoms with Gasteiger partial charge in [0.05, 0.1) is 15.7 Å². The van der Waals surface area contributed by atoms with Crippen LogP contribution in [0.4, 0.5) is 0 Å². The molecule has 1 saturated carbocycles. The summed E-state index contributed by atoms with van der Waals surface area (Å²) in [5.74, 6) is 0.914. The van der Waals surface area contributed by atoms with Gasteiger partial charge in [-0.05, 0) is 37.0 Å².